The molecule has 0 saturated heterocycles. The minimum absolute atomic E-state index is 0.170. The van der Waals surface area contributed by atoms with Gasteiger partial charge in [-0.3, -0.25) is 18.7 Å². The van der Waals surface area contributed by atoms with E-state index in [1.165, 1.54) is 40.9 Å². The maximum absolute atomic E-state index is 13.1. The van der Waals surface area contributed by atoms with E-state index >= 15 is 0 Å². The van der Waals surface area contributed by atoms with Gasteiger partial charge in [0.25, 0.3) is 5.56 Å². The minimum atomic E-state index is -0.520. The standard InChI is InChI=1S/C28H28N6O5S/c1-5-38-19-11-7-17(8-12-19)22-24(18-9-13-20(14-10-18)39-6-2)40-27(31-22)30-21(35)15-34-16-29-25-23(34)26(36)33(4)28(37)32(25)3/h7-14,16H,5-6,15H2,1-4H3,(H,30,31,35). The molecular weight excluding hydrogens is 532 g/mol. The first-order valence-electron chi connectivity index (χ1n) is 12.7. The Kier molecular flexibility index (Phi) is 7.52. The van der Waals surface area contributed by atoms with E-state index < -0.39 is 11.2 Å². The zero-order valence-electron chi connectivity index (χ0n) is 22.5. The fourth-order valence-corrected chi connectivity index (χ4v) is 5.35. The number of imidazole rings is 1. The fourth-order valence-electron chi connectivity index (χ4n) is 4.34. The van der Waals surface area contributed by atoms with Crippen LogP contribution >= 0.6 is 11.3 Å². The maximum atomic E-state index is 13.1. The van der Waals surface area contributed by atoms with Crippen LogP contribution in [0.2, 0.25) is 0 Å². The Morgan fingerprint density at radius 3 is 2.10 bits per heavy atom. The molecule has 12 heteroatoms. The first-order valence-corrected chi connectivity index (χ1v) is 13.5. The third-order valence-corrected chi connectivity index (χ3v) is 7.29. The Morgan fingerprint density at radius 2 is 1.50 bits per heavy atom. The predicted molar refractivity (Wildman–Crippen MR) is 154 cm³/mol. The van der Waals surface area contributed by atoms with Gasteiger partial charge in [0.05, 0.1) is 30.1 Å². The van der Waals surface area contributed by atoms with E-state index in [1.54, 1.807) is 0 Å². The largest absolute Gasteiger partial charge is 0.494 e. The highest BCUT2D eigenvalue weighted by molar-refractivity contribution is 7.19. The lowest BCUT2D eigenvalue weighted by Crippen LogP contribution is -2.37. The van der Waals surface area contributed by atoms with E-state index in [9.17, 15) is 14.4 Å². The highest BCUT2D eigenvalue weighted by Gasteiger charge is 2.19. The number of amides is 1. The molecule has 3 heterocycles. The Labute approximate surface area is 233 Å². The van der Waals surface area contributed by atoms with E-state index in [1.807, 2.05) is 62.4 Å². The Bertz CT molecular complexity index is 1730. The van der Waals surface area contributed by atoms with Gasteiger partial charge in [-0.25, -0.2) is 14.8 Å². The molecule has 5 rings (SSSR count). The number of anilines is 1. The lowest BCUT2D eigenvalue weighted by atomic mass is 10.1. The summed E-state index contributed by atoms with van der Waals surface area (Å²) < 4.78 is 14.9. The van der Waals surface area contributed by atoms with Crippen LogP contribution in [-0.4, -0.2) is 42.8 Å². The van der Waals surface area contributed by atoms with Crippen LogP contribution in [0.3, 0.4) is 0 Å². The minimum Gasteiger partial charge on any atom is -0.494 e. The van der Waals surface area contributed by atoms with E-state index in [0.717, 1.165) is 32.1 Å². The molecule has 5 aromatic rings. The van der Waals surface area contributed by atoms with Crippen molar-refractivity contribution in [2.75, 3.05) is 18.5 Å². The Balaban J connectivity index is 1.47. The number of hydrogen-bond acceptors (Lipinski definition) is 8. The summed E-state index contributed by atoms with van der Waals surface area (Å²) in [4.78, 5) is 47.9. The average molecular weight is 561 g/mol. The molecule has 3 aromatic heterocycles. The molecule has 1 amide bonds. The Hall–Kier alpha value is -4.71. The molecule has 40 heavy (non-hydrogen) atoms. The molecule has 0 unspecified atom stereocenters. The topological polar surface area (TPSA) is 122 Å². The van der Waals surface area contributed by atoms with Crippen LogP contribution in [-0.2, 0) is 25.4 Å². The number of benzene rings is 2. The molecule has 0 spiro atoms. The Morgan fingerprint density at radius 1 is 0.900 bits per heavy atom. The smallest absolute Gasteiger partial charge is 0.332 e. The molecule has 0 bridgehead atoms. The second-order valence-electron chi connectivity index (χ2n) is 8.91. The molecule has 0 radical (unpaired) electrons. The van der Waals surface area contributed by atoms with Crippen LogP contribution in [0.4, 0.5) is 5.13 Å². The van der Waals surface area contributed by atoms with Crippen molar-refractivity contribution >= 4 is 33.5 Å². The molecule has 0 aliphatic carbocycles. The van der Waals surface area contributed by atoms with Gasteiger partial charge in [-0.1, -0.05) is 11.3 Å². The summed E-state index contributed by atoms with van der Waals surface area (Å²) in [7, 11) is 2.92. The fraction of sp³-hybridized carbons (Fsp3) is 0.250. The van der Waals surface area contributed by atoms with E-state index in [4.69, 9.17) is 14.5 Å². The van der Waals surface area contributed by atoms with Gasteiger partial charge in [-0.05, 0) is 67.9 Å². The van der Waals surface area contributed by atoms with Gasteiger partial charge in [0.1, 0.15) is 18.0 Å². The maximum Gasteiger partial charge on any atom is 0.332 e. The molecule has 1 N–H and O–H groups in total. The first-order chi connectivity index (χ1) is 19.3. The van der Waals surface area contributed by atoms with Crippen molar-refractivity contribution in [3.05, 3.63) is 75.7 Å². The highest BCUT2D eigenvalue weighted by Crippen LogP contribution is 2.40. The second kappa shape index (κ2) is 11.2. The summed E-state index contributed by atoms with van der Waals surface area (Å²) in [6, 6.07) is 15.3. The zero-order chi connectivity index (χ0) is 28.4. The van der Waals surface area contributed by atoms with Crippen molar-refractivity contribution in [1.29, 1.82) is 0 Å². The summed E-state index contributed by atoms with van der Waals surface area (Å²) in [6.45, 7) is 4.82. The number of carbonyl (C=O) groups is 1. The lowest BCUT2D eigenvalue weighted by molar-refractivity contribution is -0.116. The van der Waals surface area contributed by atoms with Crippen molar-refractivity contribution in [2.45, 2.75) is 20.4 Å². The highest BCUT2D eigenvalue weighted by atomic mass is 32.1. The number of carbonyl (C=O) groups excluding carboxylic acids is 1. The van der Waals surface area contributed by atoms with Gasteiger partial charge in [-0.15, -0.1) is 0 Å². The number of aromatic nitrogens is 5. The summed E-state index contributed by atoms with van der Waals surface area (Å²) in [6.07, 6.45) is 1.38. The monoisotopic (exact) mass is 560 g/mol. The predicted octanol–water partition coefficient (Wildman–Crippen LogP) is 3.66. The molecule has 0 atom stereocenters. The molecular formula is C28H28N6O5S. The van der Waals surface area contributed by atoms with Gasteiger partial charge in [-0.2, -0.15) is 0 Å². The second-order valence-corrected chi connectivity index (χ2v) is 9.91. The van der Waals surface area contributed by atoms with E-state index in [2.05, 4.69) is 10.3 Å². The van der Waals surface area contributed by atoms with Crippen molar-refractivity contribution < 1.29 is 14.3 Å². The van der Waals surface area contributed by atoms with Gasteiger partial charge in [0.15, 0.2) is 16.3 Å². The molecule has 0 fully saturated rings. The van der Waals surface area contributed by atoms with Gasteiger partial charge < -0.3 is 19.4 Å². The van der Waals surface area contributed by atoms with Crippen LogP contribution in [0.15, 0.2) is 64.4 Å². The van der Waals surface area contributed by atoms with Gasteiger partial charge in [0, 0.05) is 19.7 Å². The first kappa shape index (κ1) is 26.9. The number of ether oxygens (including phenoxy) is 2. The van der Waals surface area contributed by atoms with Gasteiger partial charge >= 0.3 is 5.69 Å². The van der Waals surface area contributed by atoms with Gasteiger partial charge in [0.2, 0.25) is 5.91 Å². The van der Waals surface area contributed by atoms with Crippen LogP contribution < -0.4 is 26.0 Å². The lowest BCUT2D eigenvalue weighted by Gasteiger charge is -2.07. The summed E-state index contributed by atoms with van der Waals surface area (Å²) in [5.41, 5.74) is 1.88. The van der Waals surface area contributed by atoms with Crippen LogP contribution in [0, 0.1) is 0 Å². The zero-order valence-corrected chi connectivity index (χ0v) is 23.3. The van der Waals surface area contributed by atoms with Crippen LogP contribution in [0.25, 0.3) is 32.9 Å². The number of aryl methyl sites for hydroxylation is 1. The summed E-state index contributed by atoms with van der Waals surface area (Å²) >= 11 is 1.34. The van der Waals surface area contributed by atoms with E-state index in [0.29, 0.717) is 24.0 Å². The molecule has 0 saturated carbocycles. The summed E-state index contributed by atoms with van der Waals surface area (Å²) in [5, 5.41) is 3.27. The van der Waals surface area contributed by atoms with Crippen LogP contribution in [0.1, 0.15) is 13.8 Å². The number of thiazole rings is 1. The SMILES string of the molecule is CCOc1ccc(-c2nc(NC(=O)Cn3cnc4c3c(=O)n(C)c(=O)n4C)sc2-c2ccc(OCC)cc2)cc1. The summed E-state index contributed by atoms with van der Waals surface area (Å²) in [5.74, 6) is 1.14. The molecule has 206 valence electrons. The third kappa shape index (κ3) is 5.13. The van der Waals surface area contributed by atoms with Crippen molar-refractivity contribution in [1.82, 2.24) is 23.7 Å². The number of fused-ring (bicyclic) bond motifs is 1. The molecule has 11 nitrogen and oxygen atoms in total. The molecule has 0 aliphatic heterocycles. The number of hydrogen-bond donors (Lipinski definition) is 1. The van der Waals surface area contributed by atoms with E-state index in [-0.39, 0.29) is 23.6 Å². The molecule has 2 aromatic carbocycles. The number of nitrogens with zero attached hydrogens (tertiary/aromatic N) is 5. The normalized spacial score (nSPS) is 11.1. The molecule has 0 aliphatic rings. The number of nitrogens with one attached hydrogen (secondary N) is 1. The van der Waals surface area contributed by atoms with Crippen LogP contribution in [0.5, 0.6) is 11.5 Å². The van der Waals surface area contributed by atoms with Crippen molar-refractivity contribution in [3.63, 3.8) is 0 Å². The van der Waals surface area contributed by atoms with Crippen molar-refractivity contribution in [3.8, 4) is 33.2 Å². The third-order valence-electron chi connectivity index (χ3n) is 6.27. The quantitative estimate of drug-likeness (QED) is 0.292. The van der Waals surface area contributed by atoms with Crippen molar-refractivity contribution in [2.24, 2.45) is 14.1 Å². The number of rotatable bonds is 9. The average Bonchev–Trinajstić information content (AvgIpc) is 3.56.